The molecule has 0 spiro atoms. The number of carbonyl (C=O) groups is 1. The number of aromatic nitrogens is 2. The molecule has 1 N–H and O–H groups in total. The molecule has 1 saturated carbocycles. The van der Waals surface area contributed by atoms with Gasteiger partial charge in [-0.1, -0.05) is 41.4 Å². The first-order chi connectivity index (χ1) is 12.6. The maximum Gasteiger partial charge on any atom is 0.223 e. The summed E-state index contributed by atoms with van der Waals surface area (Å²) in [5, 5.41) is 4.28. The smallest absolute Gasteiger partial charge is 0.223 e. The molecule has 2 aromatic carbocycles. The number of nitrogens with zero attached hydrogens (tertiary/aromatic N) is 2. The van der Waals surface area contributed by atoms with Crippen LogP contribution < -0.4 is 5.32 Å². The fourth-order valence-corrected chi connectivity index (χ4v) is 3.57. The number of amides is 1. The van der Waals surface area contributed by atoms with Crippen molar-refractivity contribution in [2.45, 2.75) is 25.8 Å². The second-order valence-electron chi connectivity index (χ2n) is 6.65. The molecule has 1 aromatic heterocycles. The predicted octanol–water partition coefficient (Wildman–Crippen LogP) is 4.46. The summed E-state index contributed by atoms with van der Waals surface area (Å²) < 4.78 is 2.16. The Labute approximate surface area is 162 Å². The van der Waals surface area contributed by atoms with Gasteiger partial charge in [0, 0.05) is 28.9 Å². The van der Waals surface area contributed by atoms with Crippen LogP contribution in [0.1, 0.15) is 24.2 Å². The van der Waals surface area contributed by atoms with Crippen molar-refractivity contribution in [3.8, 4) is 0 Å². The minimum atomic E-state index is 0.161. The highest BCUT2D eigenvalue weighted by molar-refractivity contribution is 6.35. The summed E-state index contributed by atoms with van der Waals surface area (Å²) in [5.74, 6) is 1.32. The van der Waals surface area contributed by atoms with Crippen molar-refractivity contribution in [2.75, 3.05) is 6.54 Å². The molecular weight excluding hydrogens is 369 g/mol. The Morgan fingerprint density at radius 2 is 2.00 bits per heavy atom. The normalized spacial score (nSPS) is 13.9. The number of fused-ring (bicyclic) bond motifs is 1. The van der Waals surface area contributed by atoms with E-state index in [0.717, 1.165) is 35.3 Å². The molecule has 0 atom stereocenters. The van der Waals surface area contributed by atoms with Gasteiger partial charge < -0.3 is 9.88 Å². The molecule has 4 rings (SSSR count). The lowest BCUT2D eigenvalue weighted by Gasteiger charge is -2.11. The summed E-state index contributed by atoms with van der Waals surface area (Å²) in [4.78, 5) is 16.6. The van der Waals surface area contributed by atoms with Crippen LogP contribution >= 0.6 is 23.2 Å². The average Bonchev–Trinajstić information content (AvgIpc) is 3.41. The lowest BCUT2D eigenvalue weighted by molar-refractivity contribution is -0.122. The number of halogens is 2. The van der Waals surface area contributed by atoms with Gasteiger partial charge in [0.2, 0.25) is 5.91 Å². The van der Waals surface area contributed by atoms with Crippen LogP contribution in [0.3, 0.4) is 0 Å². The highest BCUT2D eigenvalue weighted by atomic mass is 35.5. The molecule has 0 radical (unpaired) electrons. The largest absolute Gasteiger partial charge is 0.355 e. The second-order valence-corrected chi connectivity index (χ2v) is 7.50. The number of hydrogen-bond donors (Lipinski definition) is 1. The zero-order chi connectivity index (χ0) is 18.1. The minimum Gasteiger partial charge on any atom is -0.355 e. The van der Waals surface area contributed by atoms with Crippen LogP contribution in [0.2, 0.25) is 10.0 Å². The molecule has 0 saturated heterocycles. The Morgan fingerprint density at radius 3 is 2.77 bits per heavy atom. The molecule has 1 amide bonds. The van der Waals surface area contributed by atoms with Gasteiger partial charge in [-0.3, -0.25) is 4.79 Å². The lowest BCUT2D eigenvalue weighted by Crippen LogP contribution is -2.27. The van der Waals surface area contributed by atoms with Gasteiger partial charge in [0.1, 0.15) is 5.82 Å². The van der Waals surface area contributed by atoms with Crippen LogP contribution in [0.15, 0.2) is 42.5 Å². The van der Waals surface area contributed by atoms with E-state index in [-0.39, 0.29) is 11.8 Å². The predicted molar refractivity (Wildman–Crippen MR) is 105 cm³/mol. The molecule has 1 aliphatic rings. The Bertz CT molecular complexity index is 963. The molecule has 6 heteroatoms. The summed E-state index contributed by atoms with van der Waals surface area (Å²) in [6.45, 7) is 1.20. The number of nitrogens with one attached hydrogen (secondary N) is 1. The van der Waals surface area contributed by atoms with E-state index in [0.29, 0.717) is 29.6 Å². The summed E-state index contributed by atoms with van der Waals surface area (Å²) in [5.41, 5.74) is 2.99. The van der Waals surface area contributed by atoms with Crippen LogP contribution in [0, 0.1) is 5.92 Å². The molecule has 134 valence electrons. The van der Waals surface area contributed by atoms with E-state index in [1.54, 1.807) is 6.07 Å². The number of rotatable bonds is 6. The molecule has 1 fully saturated rings. The number of para-hydroxylation sites is 2. The van der Waals surface area contributed by atoms with Gasteiger partial charge in [-0.05, 0) is 42.7 Å². The molecule has 1 aliphatic carbocycles. The summed E-state index contributed by atoms with van der Waals surface area (Å²) in [6, 6.07) is 13.6. The molecule has 26 heavy (non-hydrogen) atoms. The highest BCUT2D eigenvalue weighted by Crippen LogP contribution is 2.28. The van der Waals surface area contributed by atoms with Crippen LogP contribution in [0.4, 0.5) is 0 Å². The Balaban J connectivity index is 1.59. The molecule has 4 nitrogen and oxygen atoms in total. The van der Waals surface area contributed by atoms with Crippen LogP contribution in [-0.4, -0.2) is 22.0 Å². The molecule has 0 bridgehead atoms. The number of benzene rings is 2. The Morgan fingerprint density at radius 1 is 1.19 bits per heavy atom. The van der Waals surface area contributed by atoms with Gasteiger partial charge in [-0.2, -0.15) is 0 Å². The van der Waals surface area contributed by atoms with Crippen molar-refractivity contribution in [3.63, 3.8) is 0 Å². The summed E-state index contributed by atoms with van der Waals surface area (Å²) in [6.07, 6.45) is 2.71. The van der Waals surface area contributed by atoms with Crippen molar-refractivity contribution in [1.82, 2.24) is 14.9 Å². The van der Waals surface area contributed by atoms with Gasteiger partial charge in [-0.15, -0.1) is 0 Å². The van der Waals surface area contributed by atoms with E-state index in [9.17, 15) is 4.79 Å². The van der Waals surface area contributed by atoms with E-state index in [4.69, 9.17) is 28.2 Å². The zero-order valence-corrected chi connectivity index (χ0v) is 15.7. The third-order valence-corrected chi connectivity index (χ3v) is 5.26. The van der Waals surface area contributed by atoms with Gasteiger partial charge in [0.25, 0.3) is 0 Å². The molecule has 0 unspecified atom stereocenters. The number of hydrogen-bond acceptors (Lipinski definition) is 2. The van der Waals surface area contributed by atoms with Crippen molar-refractivity contribution in [3.05, 3.63) is 63.9 Å². The second kappa shape index (κ2) is 7.29. The fraction of sp³-hybridized carbons (Fsp3) is 0.300. The molecular formula is C20H19Cl2N3O. The monoisotopic (exact) mass is 387 g/mol. The van der Waals surface area contributed by atoms with Crippen molar-refractivity contribution in [1.29, 1.82) is 0 Å². The molecule has 3 aromatic rings. The van der Waals surface area contributed by atoms with Crippen LogP contribution in [0.5, 0.6) is 0 Å². The van der Waals surface area contributed by atoms with Crippen molar-refractivity contribution < 1.29 is 4.79 Å². The van der Waals surface area contributed by atoms with Crippen LogP contribution in [-0.2, 0) is 17.8 Å². The first-order valence-corrected chi connectivity index (χ1v) is 9.53. The molecule has 0 aliphatic heterocycles. The zero-order valence-electron chi connectivity index (χ0n) is 14.2. The summed E-state index contributed by atoms with van der Waals surface area (Å²) in [7, 11) is 0. The van der Waals surface area contributed by atoms with E-state index in [2.05, 4.69) is 16.0 Å². The Hall–Kier alpha value is -2.04. The maximum absolute atomic E-state index is 11.9. The first-order valence-electron chi connectivity index (χ1n) is 8.77. The van der Waals surface area contributed by atoms with Crippen molar-refractivity contribution >= 4 is 40.1 Å². The van der Waals surface area contributed by atoms with E-state index in [1.165, 1.54) is 0 Å². The number of carbonyl (C=O) groups excluding carboxylic acids is 1. The average molecular weight is 388 g/mol. The topological polar surface area (TPSA) is 46.9 Å². The Kier molecular flexibility index (Phi) is 4.88. The van der Waals surface area contributed by atoms with E-state index < -0.39 is 0 Å². The summed E-state index contributed by atoms with van der Waals surface area (Å²) >= 11 is 12.4. The maximum atomic E-state index is 11.9. The SMILES string of the molecule is O=C(NCCc1nc2ccccc2n1Cc1ccc(Cl)cc1Cl)C1CC1. The van der Waals surface area contributed by atoms with Gasteiger partial charge in [0.05, 0.1) is 17.6 Å². The van der Waals surface area contributed by atoms with E-state index in [1.807, 2.05) is 30.3 Å². The minimum absolute atomic E-state index is 0.161. The standard InChI is InChI=1S/C20H19Cl2N3O/c21-15-8-7-14(16(22)11-15)12-25-18-4-2-1-3-17(18)24-19(25)9-10-23-20(26)13-5-6-13/h1-4,7-8,11,13H,5-6,9-10,12H2,(H,23,26). The van der Waals surface area contributed by atoms with Gasteiger partial charge in [0.15, 0.2) is 0 Å². The van der Waals surface area contributed by atoms with Crippen LogP contribution in [0.25, 0.3) is 11.0 Å². The molecule has 1 heterocycles. The van der Waals surface area contributed by atoms with Gasteiger partial charge in [-0.25, -0.2) is 4.98 Å². The third kappa shape index (κ3) is 3.71. The van der Waals surface area contributed by atoms with E-state index >= 15 is 0 Å². The third-order valence-electron chi connectivity index (χ3n) is 4.67. The number of imidazole rings is 1. The fourth-order valence-electron chi connectivity index (χ4n) is 3.10. The lowest BCUT2D eigenvalue weighted by atomic mass is 10.2. The van der Waals surface area contributed by atoms with Crippen molar-refractivity contribution in [2.24, 2.45) is 5.92 Å². The van der Waals surface area contributed by atoms with Gasteiger partial charge >= 0.3 is 0 Å². The first kappa shape index (κ1) is 17.4. The highest BCUT2D eigenvalue weighted by Gasteiger charge is 2.29. The quantitative estimate of drug-likeness (QED) is 0.678.